The molecule has 0 aromatic carbocycles. The van der Waals surface area contributed by atoms with Gasteiger partial charge in [-0.25, -0.2) is 0 Å². The molecule has 1 heterocycles. The van der Waals surface area contributed by atoms with Gasteiger partial charge in [0.2, 0.25) is 0 Å². The SMILES string of the molecule is CCc1nn(CC)c(CC(=O)CCCC(C)N)c1Cl. The van der Waals surface area contributed by atoms with Gasteiger partial charge in [0.05, 0.1) is 16.4 Å². The van der Waals surface area contributed by atoms with Crippen molar-refractivity contribution in [2.45, 2.75) is 65.5 Å². The topological polar surface area (TPSA) is 60.9 Å². The first-order valence-corrected chi connectivity index (χ1v) is 7.38. The minimum absolute atomic E-state index is 0.157. The molecule has 0 fully saturated rings. The number of ketones is 1. The van der Waals surface area contributed by atoms with Gasteiger partial charge in [0.15, 0.2) is 0 Å². The van der Waals surface area contributed by atoms with Gasteiger partial charge in [0.25, 0.3) is 0 Å². The maximum atomic E-state index is 12.0. The molecule has 0 aliphatic rings. The minimum Gasteiger partial charge on any atom is -0.328 e. The van der Waals surface area contributed by atoms with E-state index in [1.807, 2.05) is 25.5 Å². The monoisotopic (exact) mass is 285 g/mol. The fourth-order valence-corrected chi connectivity index (χ4v) is 2.42. The molecule has 4 nitrogen and oxygen atoms in total. The summed E-state index contributed by atoms with van der Waals surface area (Å²) in [6.07, 6.45) is 3.45. The largest absolute Gasteiger partial charge is 0.328 e. The first-order chi connectivity index (χ1) is 8.99. The van der Waals surface area contributed by atoms with Crippen molar-refractivity contribution in [1.82, 2.24) is 9.78 Å². The van der Waals surface area contributed by atoms with E-state index in [4.69, 9.17) is 17.3 Å². The van der Waals surface area contributed by atoms with E-state index in [0.717, 1.165) is 37.2 Å². The summed E-state index contributed by atoms with van der Waals surface area (Å²) >= 11 is 6.28. The summed E-state index contributed by atoms with van der Waals surface area (Å²) in [5, 5.41) is 5.08. The minimum atomic E-state index is 0.157. The van der Waals surface area contributed by atoms with Crippen molar-refractivity contribution in [2.75, 3.05) is 0 Å². The second-order valence-electron chi connectivity index (χ2n) is 4.96. The van der Waals surface area contributed by atoms with Gasteiger partial charge in [-0.15, -0.1) is 0 Å². The van der Waals surface area contributed by atoms with Crippen molar-refractivity contribution >= 4 is 17.4 Å². The van der Waals surface area contributed by atoms with Crippen molar-refractivity contribution in [3.05, 3.63) is 16.4 Å². The highest BCUT2D eigenvalue weighted by atomic mass is 35.5. The summed E-state index contributed by atoms with van der Waals surface area (Å²) in [5.74, 6) is 0.208. The molecule has 0 saturated carbocycles. The molecule has 1 atom stereocenters. The van der Waals surface area contributed by atoms with Crippen molar-refractivity contribution in [3.8, 4) is 0 Å². The molecule has 1 rings (SSSR count). The van der Waals surface area contributed by atoms with E-state index in [-0.39, 0.29) is 11.8 Å². The zero-order valence-corrected chi connectivity index (χ0v) is 12.8. The molecule has 1 aromatic heterocycles. The number of rotatable bonds is 8. The molecule has 0 aliphatic heterocycles. The summed E-state index contributed by atoms with van der Waals surface area (Å²) in [7, 11) is 0. The first kappa shape index (κ1) is 16.2. The van der Waals surface area contributed by atoms with Crippen LogP contribution in [0.5, 0.6) is 0 Å². The van der Waals surface area contributed by atoms with Gasteiger partial charge >= 0.3 is 0 Å². The van der Waals surface area contributed by atoms with E-state index in [1.165, 1.54) is 0 Å². The van der Waals surface area contributed by atoms with E-state index in [9.17, 15) is 4.79 Å². The first-order valence-electron chi connectivity index (χ1n) is 7.00. The zero-order chi connectivity index (χ0) is 14.4. The lowest BCUT2D eigenvalue weighted by molar-refractivity contribution is -0.118. The zero-order valence-electron chi connectivity index (χ0n) is 12.1. The third-order valence-corrected chi connectivity index (χ3v) is 3.61. The molecule has 0 aliphatic carbocycles. The van der Waals surface area contributed by atoms with Gasteiger partial charge in [-0.2, -0.15) is 5.10 Å². The Kier molecular flexibility index (Phi) is 6.52. The van der Waals surface area contributed by atoms with Crippen LogP contribution in [0.4, 0.5) is 0 Å². The van der Waals surface area contributed by atoms with Crippen LogP contribution in [0.2, 0.25) is 5.02 Å². The number of aromatic nitrogens is 2. The van der Waals surface area contributed by atoms with Crippen LogP contribution in [0.25, 0.3) is 0 Å². The second-order valence-corrected chi connectivity index (χ2v) is 5.34. The van der Waals surface area contributed by atoms with Crippen LogP contribution < -0.4 is 5.73 Å². The normalized spacial score (nSPS) is 12.7. The Morgan fingerprint density at radius 2 is 2.16 bits per heavy atom. The third kappa shape index (κ3) is 4.62. The van der Waals surface area contributed by atoms with Crippen LogP contribution in [0, 0.1) is 0 Å². The van der Waals surface area contributed by atoms with Gasteiger partial charge < -0.3 is 5.73 Å². The smallest absolute Gasteiger partial charge is 0.138 e. The molecule has 0 radical (unpaired) electrons. The van der Waals surface area contributed by atoms with Crippen molar-refractivity contribution in [3.63, 3.8) is 0 Å². The number of hydrogen-bond acceptors (Lipinski definition) is 3. The molecule has 0 amide bonds. The molecule has 1 unspecified atom stereocenters. The predicted molar refractivity (Wildman–Crippen MR) is 78.5 cm³/mol. The summed E-state index contributed by atoms with van der Waals surface area (Å²) in [6.45, 7) is 6.72. The van der Waals surface area contributed by atoms with E-state index in [0.29, 0.717) is 17.9 Å². The molecule has 1 aromatic rings. The molecule has 2 N–H and O–H groups in total. The summed E-state index contributed by atoms with van der Waals surface area (Å²) < 4.78 is 1.84. The number of nitrogens with two attached hydrogens (primary N) is 1. The Morgan fingerprint density at radius 3 is 2.68 bits per heavy atom. The molecule has 0 saturated heterocycles. The summed E-state index contributed by atoms with van der Waals surface area (Å²) in [5.41, 5.74) is 7.41. The van der Waals surface area contributed by atoms with Crippen LogP contribution in [-0.4, -0.2) is 21.6 Å². The number of hydrogen-bond donors (Lipinski definition) is 1. The predicted octanol–water partition coefficient (Wildman–Crippen LogP) is 2.75. The number of nitrogens with zero attached hydrogens (tertiary/aromatic N) is 2. The Bertz CT molecular complexity index is 427. The van der Waals surface area contributed by atoms with E-state index < -0.39 is 0 Å². The van der Waals surface area contributed by atoms with Crippen molar-refractivity contribution in [2.24, 2.45) is 5.73 Å². The van der Waals surface area contributed by atoms with Gasteiger partial charge in [0.1, 0.15) is 5.78 Å². The summed E-state index contributed by atoms with van der Waals surface area (Å²) in [4.78, 5) is 12.0. The van der Waals surface area contributed by atoms with Crippen LogP contribution in [0.15, 0.2) is 0 Å². The number of halogens is 1. The van der Waals surface area contributed by atoms with Crippen LogP contribution in [0.3, 0.4) is 0 Å². The van der Waals surface area contributed by atoms with Gasteiger partial charge in [0, 0.05) is 25.4 Å². The average molecular weight is 286 g/mol. The fourth-order valence-electron chi connectivity index (χ4n) is 2.08. The van der Waals surface area contributed by atoms with Crippen LogP contribution >= 0.6 is 11.6 Å². The highest BCUT2D eigenvalue weighted by Gasteiger charge is 2.17. The van der Waals surface area contributed by atoms with E-state index in [2.05, 4.69) is 5.10 Å². The number of carbonyl (C=O) groups excluding carboxylic acids is 1. The van der Waals surface area contributed by atoms with Gasteiger partial charge in [-0.05, 0) is 33.1 Å². The molecule has 0 spiro atoms. The molecular formula is C14H24ClN3O. The maximum Gasteiger partial charge on any atom is 0.138 e. The Labute approximate surface area is 120 Å². The fraction of sp³-hybridized carbons (Fsp3) is 0.714. The highest BCUT2D eigenvalue weighted by molar-refractivity contribution is 6.32. The molecular weight excluding hydrogens is 262 g/mol. The standard InChI is InChI=1S/C14H24ClN3O/c1-4-12-14(15)13(18(5-2)17-12)9-11(19)8-6-7-10(3)16/h10H,4-9,16H2,1-3H3. The van der Waals surface area contributed by atoms with E-state index >= 15 is 0 Å². The van der Waals surface area contributed by atoms with Crippen molar-refractivity contribution in [1.29, 1.82) is 0 Å². The molecule has 19 heavy (non-hydrogen) atoms. The number of aryl methyl sites for hydroxylation is 2. The molecule has 5 heteroatoms. The molecule has 0 bridgehead atoms. The van der Waals surface area contributed by atoms with Crippen molar-refractivity contribution < 1.29 is 4.79 Å². The Balaban J connectivity index is 2.65. The molecule has 108 valence electrons. The highest BCUT2D eigenvalue weighted by Crippen LogP contribution is 2.22. The van der Waals surface area contributed by atoms with Gasteiger partial charge in [-0.3, -0.25) is 9.48 Å². The number of Topliss-reactive ketones (excluding diaryl/α,β-unsaturated/α-hetero) is 1. The lowest BCUT2D eigenvalue weighted by atomic mass is 10.1. The Hall–Kier alpha value is -0.870. The van der Waals surface area contributed by atoms with Gasteiger partial charge in [-0.1, -0.05) is 18.5 Å². The lowest BCUT2D eigenvalue weighted by Crippen LogP contribution is -2.15. The van der Waals surface area contributed by atoms with Crippen LogP contribution in [0.1, 0.15) is 51.4 Å². The van der Waals surface area contributed by atoms with Crippen LogP contribution in [-0.2, 0) is 24.2 Å². The van der Waals surface area contributed by atoms with E-state index in [1.54, 1.807) is 0 Å². The average Bonchev–Trinajstić information content (AvgIpc) is 2.66. The Morgan fingerprint density at radius 1 is 1.47 bits per heavy atom. The second kappa shape index (κ2) is 7.65. The number of carbonyl (C=O) groups is 1. The summed E-state index contributed by atoms with van der Waals surface area (Å²) in [6, 6.07) is 0.157. The maximum absolute atomic E-state index is 12.0. The third-order valence-electron chi connectivity index (χ3n) is 3.17. The quantitative estimate of drug-likeness (QED) is 0.799. The lowest BCUT2D eigenvalue weighted by Gasteiger charge is -2.06.